The van der Waals surface area contributed by atoms with Crippen molar-refractivity contribution in [2.24, 2.45) is 11.8 Å². The Morgan fingerprint density at radius 1 is 1.40 bits per heavy atom. The van der Waals surface area contributed by atoms with E-state index in [4.69, 9.17) is 4.84 Å². The number of carbonyl (C=O) groups is 2. The van der Waals surface area contributed by atoms with Gasteiger partial charge in [-0.3, -0.25) is 30.5 Å². The van der Waals surface area contributed by atoms with Crippen molar-refractivity contribution in [1.82, 2.24) is 20.5 Å². The molecule has 0 aromatic carbocycles. The number of aromatic nitrogens is 2. The summed E-state index contributed by atoms with van der Waals surface area (Å²) in [5, 5.41) is 11.4. The minimum Gasteiger partial charge on any atom is -0.286 e. The Kier molecular flexibility index (Phi) is 7.75. The molecule has 2 fully saturated rings. The highest BCUT2D eigenvalue weighted by molar-refractivity contribution is 5.80. The first-order valence-electron chi connectivity index (χ1n) is 10.4. The Balaban J connectivity index is 1.70. The SMILES string of the molecule is CCc1nc(NNC(=O)[C@@H](CC2CCCC2)CN(O)C=O)c(F)c(N2CCCO2)n1. The van der Waals surface area contributed by atoms with Gasteiger partial charge >= 0.3 is 0 Å². The van der Waals surface area contributed by atoms with E-state index in [1.807, 2.05) is 6.92 Å². The summed E-state index contributed by atoms with van der Waals surface area (Å²) < 4.78 is 14.9. The molecule has 3 rings (SSSR count). The smallest absolute Gasteiger partial charge is 0.243 e. The van der Waals surface area contributed by atoms with Crippen molar-refractivity contribution in [3.8, 4) is 0 Å². The summed E-state index contributed by atoms with van der Waals surface area (Å²) in [5.74, 6) is -1.16. The first-order chi connectivity index (χ1) is 14.5. The standard InChI is InChI=1S/C19H29FN6O4/c1-2-15-21-17(16(20)18(22-15)26-8-5-9-30-26)23-24-19(28)14(11-25(29)12-27)10-13-6-3-4-7-13/h12-14,29H,2-11H2,1H3,(H,24,28)(H,21,22,23)/t14-/m0/s1. The zero-order chi connectivity index (χ0) is 21.5. The molecule has 10 nitrogen and oxygen atoms in total. The van der Waals surface area contributed by atoms with E-state index in [1.54, 1.807) is 0 Å². The number of carbonyl (C=O) groups excluding carboxylic acids is 2. The lowest BCUT2D eigenvalue weighted by Crippen LogP contribution is -2.41. The van der Waals surface area contributed by atoms with Gasteiger partial charge in [0, 0.05) is 13.0 Å². The molecule has 1 aromatic heterocycles. The van der Waals surface area contributed by atoms with Crippen LogP contribution in [0.2, 0.25) is 0 Å². The molecule has 0 spiro atoms. The van der Waals surface area contributed by atoms with Crippen molar-refractivity contribution in [1.29, 1.82) is 0 Å². The van der Waals surface area contributed by atoms with E-state index < -0.39 is 17.6 Å². The zero-order valence-corrected chi connectivity index (χ0v) is 17.1. The van der Waals surface area contributed by atoms with Gasteiger partial charge in [0.05, 0.1) is 19.1 Å². The van der Waals surface area contributed by atoms with E-state index in [0.29, 0.717) is 42.8 Å². The van der Waals surface area contributed by atoms with Crippen LogP contribution < -0.4 is 15.9 Å². The normalized spacial score (nSPS) is 17.8. The lowest BCUT2D eigenvalue weighted by Gasteiger charge is -2.23. The van der Waals surface area contributed by atoms with Crippen LogP contribution in [0.15, 0.2) is 0 Å². The molecule has 166 valence electrons. The maximum Gasteiger partial charge on any atom is 0.243 e. The number of halogens is 1. The van der Waals surface area contributed by atoms with E-state index in [-0.39, 0.29) is 24.6 Å². The van der Waals surface area contributed by atoms with Crippen molar-refractivity contribution < 1.29 is 24.0 Å². The average Bonchev–Trinajstić information content (AvgIpc) is 3.46. The Morgan fingerprint density at radius 2 is 2.17 bits per heavy atom. The van der Waals surface area contributed by atoms with Crippen LogP contribution in [-0.2, 0) is 20.8 Å². The third kappa shape index (κ3) is 5.54. The van der Waals surface area contributed by atoms with E-state index in [9.17, 15) is 19.2 Å². The minimum atomic E-state index is -0.724. The fourth-order valence-corrected chi connectivity index (χ4v) is 3.91. The lowest BCUT2D eigenvalue weighted by atomic mass is 9.92. The summed E-state index contributed by atoms with van der Waals surface area (Å²) >= 11 is 0. The topological polar surface area (TPSA) is 120 Å². The fourth-order valence-electron chi connectivity index (χ4n) is 3.91. The largest absolute Gasteiger partial charge is 0.286 e. The highest BCUT2D eigenvalue weighted by atomic mass is 19.1. The number of hydrogen-bond acceptors (Lipinski definition) is 8. The number of hydroxylamine groups is 3. The predicted molar refractivity (Wildman–Crippen MR) is 106 cm³/mol. The van der Waals surface area contributed by atoms with Gasteiger partial charge in [-0.05, 0) is 18.8 Å². The van der Waals surface area contributed by atoms with Gasteiger partial charge in [-0.15, -0.1) is 0 Å². The highest BCUT2D eigenvalue weighted by Crippen LogP contribution is 2.31. The first kappa shape index (κ1) is 22.2. The maximum absolute atomic E-state index is 14.9. The van der Waals surface area contributed by atoms with E-state index in [2.05, 4.69) is 20.8 Å². The third-order valence-corrected chi connectivity index (χ3v) is 5.48. The second-order valence-electron chi connectivity index (χ2n) is 7.69. The quantitative estimate of drug-likeness (QED) is 0.296. The molecule has 2 aliphatic rings. The molecule has 1 aromatic rings. The number of nitrogens with one attached hydrogen (secondary N) is 2. The minimum absolute atomic E-state index is 0.0288. The second-order valence-corrected chi connectivity index (χ2v) is 7.69. The van der Waals surface area contributed by atoms with Gasteiger partial charge in [0.1, 0.15) is 5.82 Å². The second kappa shape index (κ2) is 10.5. The van der Waals surface area contributed by atoms with E-state index in [0.717, 1.165) is 32.1 Å². The third-order valence-electron chi connectivity index (χ3n) is 5.48. The Bertz CT molecular complexity index is 740. The molecule has 1 saturated heterocycles. The van der Waals surface area contributed by atoms with Crippen LogP contribution in [0.3, 0.4) is 0 Å². The molecule has 1 aliphatic heterocycles. The molecule has 1 aliphatic carbocycles. The van der Waals surface area contributed by atoms with Crippen LogP contribution in [-0.4, -0.2) is 52.3 Å². The van der Waals surface area contributed by atoms with Crippen LogP contribution in [0, 0.1) is 17.7 Å². The summed E-state index contributed by atoms with van der Waals surface area (Å²) in [6, 6.07) is 0. The van der Waals surface area contributed by atoms with Gasteiger partial charge in [0.25, 0.3) is 0 Å². The number of aryl methyl sites for hydroxylation is 1. The van der Waals surface area contributed by atoms with Crippen LogP contribution in [0.1, 0.15) is 51.3 Å². The van der Waals surface area contributed by atoms with Crippen molar-refractivity contribution in [2.75, 3.05) is 30.2 Å². The van der Waals surface area contributed by atoms with Gasteiger partial charge in [-0.1, -0.05) is 32.6 Å². The zero-order valence-electron chi connectivity index (χ0n) is 17.1. The average molecular weight is 424 g/mol. The Hall–Kier alpha value is -2.53. The molecule has 0 radical (unpaired) electrons. The monoisotopic (exact) mass is 424 g/mol. The maximum atomic E-state index is 14.9. The lowest BCUT2D eigenvalue weighted by molar-refractivity contribution is -0.154. The van der Waals surface area contributed by atoms with Gasteiger partial charge < -0.3 is 0 Å². The Morgan fingerprint density at radius 3 is 2.80 bits per heavy atom. The molecular weight excluding hydrogens is 395 g/mol. The van der Waals surface area contributed by atoms with Gasteiger partial charge in [0.2, 0.25) is 18.1 Å². The van der Waals surface area contributed by atoms with Crippen LogP contribution in [0.25, 0.3) is 0 Å². The van der Waals surface area contributed by atoms with Gasteiger partial charge in [-0.25, -0.2) is 20.1 Å². The highest BCUT2D eigenvalue weighted by Gasteiger charge is 2.28. The number of amides is 2. The number of hydrazine groups is 1. The van der Waals surface area contributed by atoms with E-state index >= 15 is 0 Å². The van der Waals surface area contributed by atoms with E-state index in [1.165, 1.54) is 5.06 Å². The molecule has 2 amide bonds. The molecule has 1 atom stereocenters. The number of nitrogens with zero attached hydrogens (tertiary/aromatic N) is 4. The predicted octanol–water partition coefficient (Wildman–Crippen LogP) is 1.81. The molecule has 0 bridgehead atoms. The molecule has 1 saturated carbocycles. The summed E-state index contributed by atoms with van der Waals surface area (Å²) in [5.41, 5.74) is 5.03. The number of rotatable bonds is 10. The van der Waals surface area contributed by atoms with Crippen molar-refractivity contribution in [3.63, 3.8) is 0 Å². The first-order valence-corrected chi connectivity index (χ1v) is 10.4. The van der Waals surface area contributed by atoms with Crippen LogP contribution in [0.5, 0.6) is 0 Å². The molecule has 30 heavy (non-hydrogen) atoms. The summed E-state index contributed by atoms with van der Waals surface area (Å²) in [7, 11) is 0. The molecule has 2 heterocycles. The van der Waals surface area contributed by atoms with Gasteiger partial charge in [0.15, 0.2) is 11.6 Å². The van der Waals surface area contributed by atoms with Crippen molar-refractivity contribution >= 4 is 24.0 Å². The summed E-state index contributed by atoms with van der Waals surface area (Å²) in [6.07, 6.45) is 6.31. The summed E-state index contributed by atoms with van der Waals surface area (Å²) in [6.45, 7) is 2.72. The van der Waals surface area contributed by atoms with Crippen LogP contribution >= 0.6 is 0 Å². The summed E-state index contributed by atoms with van der Waals surface area (Å²) in [4.78, 5) is 37.3. The fraction of sp³-hybridized carbons (Fsp3) is 0.684. The van der Waals surface area contributed by atoms with Crippen molar-refractivity contribution in [3.05, 3.63) is 11.6 Å². The number of hydrogen-bond donors (Lipinski definition) is 3. The van der Waals surface area contributed by atoms with Crippen LogP contribution in [0.4, 0.5) is 16.0 Å². The molecule has 11 heteroatoms. The molecule has 3 N–H and O–H groups in total. The Labute approximate surface area is 174 Å². The molecular formula is C19H29FN6O4. The number of anilines is 2. The van der Waals surface area contributed by atoms with Crippen molar-refractivity contribution in [2.45, 2.75) is 51.9 Å². The van der Waals surface area contributed by atoms with Gasteiger partial charge in [-0.2, -0.15) is 4.39 Å². The molecule has 0 unspecified atom stereocenters.